The Hall–Kier alpha value is -1.43. The third-order valence-corrected chi connectivity index (χ3v) is 5.26. The summed E-state index contributed by atoms with van der Waals surface area (Å²) in [5.74, 6) is -0.0555. The summed E-state index contributed by atoms with van der Waals surface area (Å²) in [7, 11) is 0. The molecule has 5 nitrogen and oxygen atoms in total. The quantitative estimate of drug-likeness (QED) is 0.854. The Morgan fingerprint density at radius 3 is 2.52 bits per heavy atom. The average molecular weight is 307 g/mol. The maximum atomic E-state index is 12.8. The molecule has 2 heterocycles. The first kappa shape index (κ1) is 14.5. The van der Waals surface area contributed by atoms with E-state index in [1.165, 1.54) is 11.3 Å². The molecule has 0 atom stereocenters. The topological polar surface area (TPSA) is 62.3 Å². The van der Waals surface area contributed by atoms with Gasteiger partial charge in [0.15, 0.2) is 0 Å². The molecule has 114 valence electrons. The number of imide groups is 1. The number of rotatable bonds is 2. The molecule has 0 radical (unpaired) electrons. The Morgan fingerprint density at radius 2 is 1.90 bits per heavy atom. The molecule has 1 aromatic rings. The molecule has 1 saturated heterocycles. The minimum atomic E-state index is -0.650. The molecule has 1 aliphatic heterocycles. The number of urea groups is 1. The van der Waals surface area contributed by atoms with Crippen LogP contribution < -0.4 is 5.32 Å². The Kier molecular flexibility index (Phi) is 3.97. The molecule has 1 saturated carbocycles. The maximum absolute atomic E-state index is 12.8. The van der Waals surface area contributed by atoms with Crippen molar-refractivity contribution in [3.8, 4) is 0 Å². The van der Waals surface area contributed by atoms with E-state index in [1.54, 1.807) is 11.3 Å². The second kappa shape index (κ2) is 5.75. The van der Waals surface area contributed by atoms with Gasteiger partial charge in [0.1, 0.15) is 5.54 Å². The van der Waals surface area contributed by atoms with Gasteiger partial charge in [0.2, 0.25) is 0 Å². The van der Waals surface area contributed by atoms with Crippen molar-refractivity contribution >= 4 is 23.3 Å². The van der Waals surface area contributed by atoms with Crippen molar-refractivity contribution in [3.63, 3.8) is 0 Å². The van der Waals surface area contributed by atoms with E-state index >= 15 is 0 Å². The van der Waals surface area contributed by atoms with E-state index in [4.69, 9.17) is 0 Å². The van der Waals surface area contributed by atoms with Crippen molar-refractivity contribution in [2.24, 2.45) is 0 Å². The SMILES string of the molecule is Cc1nc(CN2C(=O)NC3(CCCCCCC3)C2=O)cs1. The van der Waals surface area contributed by atoms with Gasteiger partial charge < -0.3 is 5.32 Å². The van der Waals surface area contributed by atoms with Gasteiger partial charge in [0.25, 0.3) is 5.91 Å². The van der Waals surface area contributed by atoms with Crippen molar-refractivity contribution in [2.45, 2.75) is 64.0 Å². The van der Waals surface area contributed by atoms with Gasteiger partial charge in [-0.25, -0.2) is 9.78 Å². The summed E-state index contributed by atoms with van der Waals surface area (Å²) in [6.07, 6.45) is 7.09. The molecule has 2 aliphatic rings. The monoisotopic (exact) mass is 307 g/mol. The number of nitrogens with one attached hydrogen (secondary N) is 1. The van der Waals surface area contributed by atoms with Gasteiger partial charge >= 0.3 is 6.03 Å². The third-order valence-electron chi connectivity index (χ3n) is 4.44. The largest absolute Gasteiger partial charge is 0.325 e. The zero-order valence-corrected chi connectivity index (χ0v) is 13.2. The fraction of sp³-hybridized carbons (Fsp3) is 0.667. The molecule has 1 spiro atoms. The summed E-state index contributed by atoms with van der Waals surface area (Å²) in [6.45, 7) is 2.22. The maximum Gasteiger partial charge on any atom is 0.325 e. The highest BCUT2D eigenvalue weighted by Crippen LogP contribution is 2.32. The predicted octanol–water partition coefficient (Wildman–Crippen LogP) is 2.99. The lowest BCUT2D eigenvalue weighted by atomic mass is 9.84. The minimum absolute atomic E-state index is 0.0555. The van der Waals surface area contributed by atoms with Crippen LogP contribution in [0, 0.1) is 6.92 Å². The van der Waals surface area contributed by atoms with Crippen molar-refractivity contribution in [1.82, 2.24) is 15.2 Å². The fourth-order valence-corrected chi connectivity index (χ4v) is 3.91. The zero-order chi connectivity index (χ0) is 14.9. The molecule has 1 aliphatic carbocycles. The van der Waals surface area contributed by atoms with Crippen LogP contribution in [0.5, 0.6) is 0 Å². The van der Waals surface area contributed by atoms with Crippen LogP contribution in [0.4, 0.5) is 4.79 Å². The Labute approximate surface area is 128 Å². The van der Waals surface area contributed by atoms with E-state index in [1.807, 2.05) is 12.3 Å². The Morgan fingerprint density at radius 1 is 1.24 bits per heavy atom. The normalized spacial score (nSPS) is 22.2. The van der Waals surface area contributed by atoms with Crippen LogP contribution in [0.3, 0.4) is 0 Å². The molecule has 6 heteroatoms. The fourth-order valence-electron chi connectivity index (χ4n) is 3.31. The summed E-state index contributed by atoms with van der Waals surface area (Å²) < 4.78 is 0. The summed E-state index contributed by atoms with van der Waals surface area (Å²) >= 11 is 1.54. The second-order valence-electron chi connectivity index (χ2n) is 6.03. The van der Waals surface area contributed by atoms with Crippen molar-refractivity contribution in [1.29, 1.82) is 0 Å². The standard InChI is InChI=1S/C15H21N3O2S/c1-11-16-12(10-21-11)9-18-13(19)15(17-14(18)20)7-5-3-2-4-6-8-15/h10H,2-9H2,1H3,(H,17,20). The van der Waals surface area contributed by atoms with Gasteiger partial charge in [-0.3, -0.25) is 9.69 Å². The molecule has 1 N–H and O–H groups in total. The van der Waals surface area contributed by atoms with Gasteiger partial charge in [-0.2, -0.15) is 0 Å². The lowest BCUT2D eigenvalue weighted by Gasteiger charge is -2.28. The molecule has 3 amide bonds. The number of aromatic nitrogens is 1. The number of amides is 3. The number of carbonyl (C=O) groups excluding carboxylic acids is 2. The molecule has 21 heavy (non-hydrogen) atoms. The van der Waals surface area contributed by atoms with Gasteiger partial charge in [-0.1, -0.05) is 32.1 Å². The van der Waals surface area contributed by atoms with Gasteiger partial charge in [0.05, 0.1) is 17.2 Å². The minimum Gasteiger partial charge on any atom is -0.323 e. The van der Waals surface area contributed by atoms with Crippen LogP contribution in [0.2, 0.25) is 0 Å². The average Bonchev–Trinajstić information content (AvgIpc) is 2.92. The van der Waals surface area contributed by atoms with Crippen molar-refractivity contribution < 1.29 is 9.59 Å². The first-order chi connectivity index (χ1) is 10.1. The summed E-state index contributed by atoms with van der Waals surface area (Å²) in [6, 6.07) is -0.258. The van der Waals surface area contributed by atoms with Crippen molar-refractivity contribution in [3.05, 3.63) is 16.1 Å². The number of hydrogen-bond acceptors (Lipinski definition) is 4. The third kappa shape index (κ3) is 2.81. The van der Waals surface area contributed by atoms with E-state index in [-0.39, 0.29) is 18.5 Å². The second-order valence-corrected chi connectivity index (χ2v) is 7.09. The van der Waals surface area contributed by atoms with Crippen LogP contribution in [0.15, 0.2) is 5.38 Å². The highest BCUT2D eigenvalue weighted by Gasteiger charge is 2.50. The molecule has 0 bridgehead atoms. The molecule has 0 unspecified atom stereocenters. The van der Waals surface area contributed by atoms with E-state index in [0.29, 0.717) is 0 Å². The van der Waals surface area contributed by atoms with Crippen LogP contribution in [0.1, 0.15) is 55.6 Å². The van der Waals surface area contributed by atoms with Crippen LogP contribution in [0.25, 0.3) is 0 Å². The number of thiazole rings is 1. The lowest BCUT2D eigenvalue weighted by molar-refractivity contribution is -0.132. The van der Waals surface area contributed by atoms with Gasteiger partial charge in [-0.15, -0.1) is 11.3 Å². The first-order valence-corrected chi connectivity index (χ1v) is 8.54. The number of carbonyl (C=O) groups is 2. The summed E-state index contributed by atoms with van der Waals surface area (Å²) in [5, 5.41) is 5.85. The van der Waals surface area contributed by atoms with E-state index in [0.717, 1.165) is 49.2 Å². The molecule has 0 aromatic carbocycles. The highest BCUT2D eigenvalue weighted by molar-refractivity contribution is 7.09. The predicted molar refractivity (Wildman–Crippen MR) is 81.0 cm³/mol. The number of aryl methyl sites for hydroxylation is 1. The van der Waals surface area contributed by atoms with Gasteiger partial charge in [-0.05, 0) is 19.8 Å². The molecule has 1 aromatic heterocycles. The lowest BCUT2D eigenvalue weighted by Crippen LogP contribution is -2.47. The number of nitrogens with zero attached hydrogens (tertiary/aromatic N) is 2. The van der Waals surface area contributed by atoms with E-state index < -0.39 is 5.54 Å². The Balaban J connectivity index is 1.77. The van der Waals surface area contributed by atoms with Crippen molar-refractivity contribution in [2.75, 3.05) is 0 Å². The smallest absolute Gasteiger partial charge is 0.323 e. The van der Waals surface area contributed by atoms with Gasteiger partial charge in [0, 0.05) is 5.38 Å². The summed E-state index contributed by atoms with van der Waals surface area (Å²) in [5.41, 5.74) is 0.145. The summed E-state index contributed by atoms with van der Waals surface area (Å²) in [4.78, 5) is 30.7. The highest BCUT2D eigenvalue weighted by atomic mass is 32.1. The van der Waals surface area contributed by atoms with Crippen LogP contribution >= 0.6 is 11.3 Å². The molecular formula is C15H21N3O2S. The number of hydrogen-bond donors (Lipinski definition) is 1. The van der Waals surface area contributed by atoms with E-state index in [9.17, 15) is 9.59 Å². The molecule has 2 fully saturated rings. The zero-order valence-electron chi connectivity index (χ0n) is 12.4. The van der Waals surface area contributed by atoms with E-state index in [2.05, 4.69) is 10.3 Å². The molecular weight excluding hydrogens is 286 g/mol. The van der Waals surface area contributed by atoms with Crippen LogP contribution in [-0.4, -0.2) is 27.4 Å². The van der Waals surface area contributed by atoms with Crippen LogP contribution in [-0.2, 0) is 11.3 Å². The Bertz CT molecular complexity index is 547. The first-order valence-electron chi connectivity index (χ1n) is 7.66. The molecule has 3 rings (SSSR count).